The molecule has 1 fully saturated rings. The van der Waals surface area contributed by atoms with Crippen molar-refractivity contribution in [3.63, 3.8) is 0 Å². The van der Waals surface area contributed by atoms with Gasteiger partial charge >= 0.3 is 0 Å². The van der Waals surface area contributed by atoms with Gasteiger partial charge < -0.3 is 15.1 Å². The van der Waals surface area contributed by atoms with E-state index in [0.717, 1.165) is 22.3 Å². The number of sulfone groups is 1. The number of para-hydroxylation sites is 1. The van der Waals surface area contributed by atoms with Gasteiger partial charge in [-0.3, -0.25) is 0 Å². The highest BCUT2D eigenvalue weighted by molar-refractivity contribution is 14.0. The number of rotatable bonds is 4. The van der Waals surface area contributed by atoms with Crippen LogP contribution in [0, 0.1) is 6.92 Å². The Kier molecular flexibility index (Phi) is 6.72. The first-order valence-corrected chi connectivity index (χ1v) is 10.0. The van der Waals surface area contributed by atoms with Crippen LogP contribution in [0.15, 0.2) is 33.7 Å². The topological polar surface area (TPSA) is 83.7 Å². The van der Waals surface area contributed by atoms with E-state index in [4.69, 9.17) is 4.42 Å². The van der Waals surface area contributed by atoms with E-state index in [9.17, 15) is 8.42 Å². The predicted octanol–water partition coefficient (Wildman–Crippen LogP) is 2.60. The van der Waals surface area contributed by atoms with Crippen molar-refractivity contribution >= 4 is 50.7 Å². The Labute approximate surface area is 165 Å². The van der Waals surface area contributed by atoms with Crippen LogP contribution in [-0.2, 0) is 16.4 Å². The number of aliphatic imine (C=N–C) groups is 1. The molecule has 1 aromatic carbocycles. The van der Waals surface area contributed by atoms with Gasteiger partial charge in [-0.1, -0.05) is 18.2 Å². The second-order valence-electron chi connectivity index (χ2n) is 6.09. The fraction of sp³-hybridized carbons (Fsp3) is 0.471. The van der Waals surface area contributed by atoms with E-state index < -0.39 is 9.84 Å². The molecule has 1 atom stereocenters. The summed E-state index contributed by atoms with van der Waals surface area (Å²) in [5.41, 5.74) is 1.95. The van der Waals surface area contributed by atoms with Gasteiger partial charge in [0, 0.05) is 23.5 Å². The van der Waals surface area contributed by atoms with E-state index in [2.05, 4.69) is 15.6 Å². The van der Waals surface area contributed by atoms with Gasteiger partial charge in [0.25, 0.3) is 0 Å². The third-order valence-electron chi connectivity index (χ3n) is 4.24. The van der Waals surface area contributed by atoms with E-state index in [1.54, 1.807) is 0 Å². The fourth-order valence-electron chi connectivity index (χ4n) is 2.95. The number of nitrogens with zero attached hydrogens (tertiary/aromatic N) is 1. The molecule has 1 saturated heterocycles. The van der Waals surface area contributed by atoms with E-state index >= 15 is 0 Å². The summed E-state index contributed by atoms with van der Waals surface area (Å²) in [6.45, 7) is 5.13. The monoisotopic (exact) mass is 477 g/mol. The maximum absolute atomic E-state index is 11.6. The Balaban J connectivity index is 0.00000225. The molecule has 1 unspecified atom stereocenters. The lowest BCUT2D eigenvalue weighted by Crippen LogP contribution is -2.44. The maximum Gasteiger partial charge on any atom is 0.191 e. The SMILES string of the molecule is CCNC(=NCc1oc2ccccc2c1C)NC1CCS(=O)(=O)C1.I. The molecule has 1 aliphatic heterocycles. The standard InChI is InChI=1S/C17H23N3O3S.HI/c1-3-18-17(20-13-8-9-24(21,22)11-13)19-10-16-12(2)14-6-4-5-7-15(14)23-16;/h4-7,13H,3,8-11H2,1-2H3,(H2,18,19,20);1H. The minimum Gasteiger partial charge on any atom is -0.459 e. The average molecular weight is 477 g/mol. The highest BCUT2D eigenvalue weighted by Crippen LogP contribution is 2.25. The number of hydrogen-bond donors (Lipinski definition) is 2. The number of furan rings is 1. The van der Waals surface area contributed by atoms with Crippen molar-refractivity contribution in [1.29, 1.82) is 0 Å². The molecule has 0 spiro atoms. The van der Waals surface area contributed by atoms with Crippen molar-refractivity contribution in [3.05, 3.63) is 35.6 Å². The van der Waals surface area contributed by atoms with Gasteiger partial charge in [0.2, 0.25) is 0 Å². The molecule has 1 aromatic heterocycles. The van der Waals surface area contributed by atoms with E-state index in [1.807, 2.05) is 38.1 Å². The summed E-state index contributed by atoms with van der Waals surface area (Å²) in [5, 5.41) is 7.48. The normalized spacial score (nSPS) is 19.6. The Morgan fingerprint density at radius 2 is 2.12 bits per heavy atom. The number of benzene rings is 1. The fourth-order valence-corrected chi connectivity index (χ4v) is 4.62. The molecular formula is C17H24IN3O3S. The van der Waals surface area contributed by atoms with Crippen LogP contribution in [0.4, 0.5) is 0 Å². The molecule has 3 rings (SSSR count). The quantitative estimate of drug-likeness (QED) is 0.402. The van der Waals surface area contributed by atoms with Crippen molar-refractivity contribution in [2.45, 2.75) is 32.9 Å². The Bertz CT molecular complexity index is 861. The van der Waals surface area contributed by atoms with Crippen molar-refractivity contribution in [2.24, 2.45) is 4.99 Å². The van der Waals surface area contributed by atoms with Gasteiger partial charge in [-0.15, -0.1) is 24.0 Å². The Morgan fingerprint density at radius 3 is 2.76 bits per heavy atom. The highest BCUT2D eigenvalue weighted by Gasteiger charge is 2.28. The van der Waals surface area contributed by atoms with Gasteiger partial charge in [-0.25, -0.2) is 13.4 Å². The van der Waals surface area contributed by atoms with Gasteiger partial charge in [0.1, 0.15) is 17.9 Å². The van der Waals surface area contributed by atoms with Crippen LogP contribution in [0.2, 0.25) is 0 Å². The van der Waals surface area contributed by atoms with Crippen LogP contribution in [0.3, 0.4) is 0 Å². The lowest BCUT2D eigenvalue weighted by atomic mass is 10.1. The minimum absolute atomic E-state index is 0. The minimum atomic E-state index is -2.91. The summed E-state index contributed by atoms with van der Waals surface area (Å²) in [5.74, 6) is 1.86. The molecule has 2 heterocycles. The lowest BCUT2D eigenvalue weighted by Gasteiger charge is -2.15. The number of fused-ring (bicyclic) bond motifs is 1. The first kappa shape index (κ1) is 20.0. The molecule has 25 heavy (non-hydrogen) atoms. The lowest BCUT2D eigenvalue weighted by molar-refractivity contribution is 0.546. The number of hydrogen-bond acceptors (Lipinski definition) is 4. The maximum atomic E-state index is 11.6. The van der Waals surface area contributed by atoms with Crippen LogP contribution in [-0.4, -0.2) is 38.5 Å². The summed E-state index contributed by atoms with van der Waals surface area (Å²) in [4.78, 5) is 4.56. The summed E-state index contributed by atoms with van der Waals surface area (Å²) in [6.07, 6.45) is 0.621. The van der Waals surface area contributed by atoms with Crippen LogP contribution in [0.25, 0.3) is 11.0 Å². The van der Waals surface area contributed by atoms with Crippen LogP contribution < -0.4 is 10.6 Å². The summed E-state index contributed by atoms with van der Waals surface area (Å²) >= 11 is 0. The molecule has 0 aliphatic carbocycles. The molecule has 138 valence electrons. The molecule has 6 nitrogen and oxygen atoms in total. The van der Waals surface area contributed by atoms with Gasteiger partial charge in [-0.2, -0.15) is 0 Å². The highest BCUT2D eigenvalue weighted by atomic mass is 127. The molecule has 0 saturated carbocycles. The largest absolute Gasteiger partial charge is 0.459 e. The molecule has 0 bridgehead atoms. The number of halogens is 1. The molecular weight excluding hydrogens is 453 g/mol. The van der Waals surface area contributed by atoms with Gasteiger partial charge in [-0.05, 0) is 26.3 Å². The summed E-state index contributed by atoms with van der Waals surface area (Å²) in [7, 11) is -2.91. The number of guanidine groups is 1. The third kappa shape index (κ3) is 4.87. The summed E-state index contributed by atoms with van der Waals surface area (Å²) < 4.78 is 29.0. The zero-order chi connectivity index (χ0) is 17.2. The van der Waals surface area contributed by atoms with Crippen LogP contribution in [0.1, 0.15) is 24.7 Å². The van der Waals surface area contributed by atoms with E-state index in [1.165, 1.54) is 0 Å². The predicted molar refractivity (Wildman–Crippen MR) is 111 cm³/mol. The molecule has 2 aromatic rings. The number of aryl methyl sites for hydroxylation is 1. The second kappa shape index (κ2) is 8.39. The Morgan fingerprint density at radius 1 is 1.36 bits per heavy atom. The Hall–Kier alpha value is -1.29. The zero-order valence-electron chi connectivity index (χ0n) is 14.4. The summed E-state index contributed by atoms with van der Waals surface area (Å²) in [6, 6.07) is 7.84. The van der Waals surface area contributed by atoms with Crippen molar-refractivity contribution in [3.8, 4) is 0 Å². The first-order chi connectivity index (χ1) is 11.5. The van der Waals surface area contributed by atoms with Crippen LogP contribution >= 0.6 is 24.0 Å². The molecule has 0 amide bonds. The zero-order valence-corrected chi connectivity index (χ0v) is 17.6. The van der Waals surface area contributed by atoms with Crippen molar-refractivity contribution in [1.82, 2.24) is 10.6 Å². The smallest absolute Gasteiger partial charge is 0.191 e. The van der Waals surface area contributed by atoms with Gasteiger partial charge in [0.05, 0.1) is 11.5 Å². The van der Waals surface area contributed by atoms with E-state index in [0.29, 0.717) is 25.5 Å². The molecule has 1 aliphatic rings. The number of nitrogens with one attached hydrogen (secondary N) is 2. The molecule has 8 heteroatoms. The second-order valence-corrected chi connectivity index (χ2v) is 8.31. The van der Waals surface area contributed by atoms with Crippen molar-refractivity contribution in [2.75, 3.05) is 18.1 Å². The van der Waals surface area contributed by atoms with E-state index in [-0.39, 0.29) is 41.5 Å². The molecule has 2 N–H and O–H groups in total. The molecule has 0 radical (unpaired) electrons. The average Bonchev–Trinajstić information content (AvgIpc) is 3.05. The third-order valence-corrected chi connectivity index (χ3v) is 6.01. The van der Waals surface area contributed by atoms with Crippen LogP contribution in [0.5, 0.6) is 0 Å². The van der Waals surface area contributed by atoms with Gasteiger partial charge in [0.15, 0.2) is 15.8 Å². The van der Waals surface area contributed by atoms with Crippen molar-refractivity contribution < 1.29 is 12.8 Å². The first-order valence-electron chi connectivity index (χ1n) is 8.21.